The molecule has 0 bridgehead atoms. The van der Waals surface area contributed by atoms with Crippen molar-refractivity contribution in [1.29, 1.82) is 0 Å². The zero-order chi connectivity index (χ0) is 11.5. The second-order valence-corrected chi connectivity index (χ2v) is 4.28. The molecular weight excluding hydrogens is 226 g/mol. The first-order valence-electron chi connectivity index (χ1n) is 5.46. The van der Waals surface area contributed by atoms with Crippen molar-refractivity contribution in [2.45, 2.75) is 19.9 Å². The van der Waals surface area contributed by atoms with Crippen LogP contribution in [0.3, 0.4) is 0 Å². The zero-order valence-electron chi connectivity index (χ0n) is 9.60. The Balaban J connectivity index is 2.47. The SMILES string of the molecule is CNCc1c(Cl)cc2c(c1C)OCCCO2. The molecule has 1 N–H and O–H groups in total. The van der Waals surface area contributed by atoms with Crippen molar-refractivity contribution in [3.63, 3.8) is 0 Å². The number of fused-ring (bicyclic) bond motifs is 1. The summed E-state index contributed by atoms with van der Waals surface area (Å²) in [6.07, 6.45) is 0.910. The predicted octanol–water partition coefficient (Wildman–Crippen LogP) is 2.53. The van der Waals surface area contributed by atoms with E-state index in [0.29, 0.717) is 13.2 Å². The lowest BCUT2D eigenvalue weighted by atomic mass is 10.1. The standard InChI is InChI=1S/C12H16ClNO2/c1-8-9(7-14-2)10(13)6-11-12(8)16-5-3-4-15-11/h6,14H,3-5,7H2,1-2H3. The van der Waals surface area contributed by atoms with Crippen LogP contribution in [0.25, 0.3) is 0 Å². The van der Waals surface area contributed by atoms with Crippen LogP contribution in [0.5, 0.6) is 11.5 Å². The maximum absolute atomic E-state index is 6.22. The summed E-state index contributed by atoms with van der Waals surface area (Å²) in [5.41, 5.74) is 2.15. The van der Waals surface area contributed by atoms with Crippen molar-refractivity contribution in [3.8, 4) is 11.5 Å². The van der Waals surface area contributed by atoms with Crippen LogP contribution in [0, 0.1) is 6.92 Å². The van der Waals surface area contributed by atoms with Gasteiger partial charge in [0.05, 0.1) is 13.2 Å². The lowest BCUT2D eigenvalue weighted by Crippen LogP contribution is -2.08. The lowest BCUT2D eigenvalue weighted by molar-refractivity contribution is 0.296. The van der Waals surface area contributed by atoms with Gasteiger partial charge in [-0.2, -0.15) is 0 Å². The van der Waals surface area contributed by atoms with E-state index in [1.165, 1.54) is 0 Å². The van der Waals surface area contributed by atoms with Crippen molar-refractivity contribution >= 4 is 11.6 Å². The van der Waals surface area contributed by atoms with E-state index in [0.717, 1.165) is 40.6 Å². The summed E-state index contributed by atoms with van der Waals surface area (Å²) in [6, 6.07) is 1.85. The van der Waals surface area contributed by atoms with Crippen molar-refractivity contribution in [1.82, 2.24) is 5.32 Å². The minimum Gasteiger partial charge on any atom is -0.489 e. The molecule has 0 amide bonds. The van der Waals surface area contributed by atoms with E-state index < -0.39 is 0 Å². The average molecular weight is 242 g/mol. The molecule has 0 aliphatic carbocycles. The zero-order valence-corrected chi connectivity index (χ0v) is 10.4. The molecule has 0 spiro atoms. The van der Waals surface area contributed by atoms with Crippen LogP contribution < -0.4 is 14.8 Å². The average Bonchev–Trinajstić information content (AvgIpc) is 2.49. The summed E-state index contributed by atoms with van der Waals surface area (Å²) in [4.78, 5) is 0. The van der Waals surface area contributed by atoms with Gasteiger partial charge in [-0.25, -0.2) is 0 Å². The third-order valence-corrected chi connectivity index (χ3v) is 3.05. The Morgan fingerprint density at radius 1 is 1.38 bits per heavy atom. The van der Waals surface area contributed by atoms with Crippen LogP contribution in [0.15, 0.2) is 6.07 Å². The summed E-state index contributed by atoms with van der Waals surface area (Å²) in [5, 5.41) is 3.84. The van der Waals surface area contributed by atoms with E-state index in [1.54, 1.807) is 0 Å². The minimum absolute atomic E-state index is 0.689. The first kappa shape index (κ1) is 11.6. The van der Waals surface area contributed by atoms with E-state index in [9.17, 15) is 0 Å². The largest absolute Gasteiger partial charge is 0.489 e. The van der Waals surface area contributed by atoms with Gasteiger partial charge in [0.25, 0.3) is 0 Å². The molecular formula is C12H16ClNO2. The molecule has 0 fully saturated rings. The number of hydrogen-bond donors (Lipinski definition) is 1. The molecule has 0 unspecified atom stereocenters. The molecule has 1 aliphatic rings. The van der Waals surface area contributed by atoms with E-state index in [2.05, 4.69) is 5.32 Å². The molecule has 0 atom stereocenters. The second-order valence-electron chi connectivity index (χ2n) is 3.87. The predicted molar refractivity (Wildman–Crippen MR) is 64.6 cm³/mol. The second kappa shape index (κ2) is 4.93. The number of nitrogens with one attached hydrogen (secondary N) is 1. The Morgan fingerprint density at radius 3 is 2.88 bits per heavy atom. The van der Waals surface area contributed by atoms with Crippen LogP contribution in [0.2, 0.25) is 5.02 Å². The van der Waals surface area contributed by atoms with Gasteiger partial charge in [-0.15, -0.1) is 0 Å². The van der Waals surface area contributed by atoms with Gasteiger partial charge < -0.3 is 14.8 Å². The van der Waals surface area contributed by atoms with Crippen LogP contribution in [0.4, 0.5) is 0 Å². The molecule has 3 nitrogen and oxygen atoms in total. The highest BCUT2D eigenvalue weighted by Gasteiger charge is 2.18. The molecule has 2 rings (SSSR count). The van der Waals surface area contributed by atoms with Gasteiger partial charge in [-0.1, -0.05) is 11.6 Å². The van der Waals surface area contributed by atoms with Crippen LogP contribution in [-0.2, 0) is 6.54 Å². The highest BCUT2D eigenvalue weighted by Crippen LogP contribution is 2.39. The number of ether oxygens (including phenoxy) is 2. The van der Waals surface area contributed by atoms with Gasteiger partial charge in [0.15, 0.2) is 11.5 Å². The Kier molecular flexibility index (Phi) is 3.56. The van der Waals surface area contributed by atoms with Crippen molar-refractivity contribution < 1.29 is 9.47 Å². The number of rotatable bonds is 2. The van der Waals surface area contributed by atoms with E-state index in [4.69, 9.17) is 21.1 Å². The maximum atomic E-state index is 6.22. The normalized spacial score (nSPS) is 14.7. The Morgan fingerprint density at radius 2 is 2.12 bits per heavy atom. The van der Waals surface area contributed by atoms with Crippen molar-refractivity contribution in [3.05, 3.63) is 22.2 Å². The number of halogens is 1. The molecule has 1 aromatic carbocycles. The third-order valence-electron chi connectivity index (χ3n) is 2.71. The van der Waals surface area contributed by atoms with Crippen molar-refractivity contribution in [2.75, 3.05) is 20.3 Å². The van der Waals surface area contributed by atoms with Crippen molar-refractivity contribution in [2.24, 2.45) is 0 Å². The molecule has 0 saturated heterocycles. The Bertz CT molecular complexity index is 393. The van der Waals surface area contributed by atoms with E-state index >= 15 is 0 Å². The molecule has 88 valence electrons. The molecule has 4 heteroatoms. The third kappa shape index (κ3) is 2.11. The molecule has 1 aliphatic heterocycles. The molecule has 0 saturated carbocycles. The van der Waals surface area contributed by atoms with Gasteiger partial charge in [0.1, 0.15) is 0 Å². The minimum atomic E-state index is 0.689. The van der Waals surface area contributed by atoms with Crippen LogP contribution >= 0.6 is 11.6 Å². The Labute approximate surface area is 101 Å². The molecule has 0 aromatic heterocycles. The number of benzene rings is 1. The summed E-state index contributed by atoms with van der Waals surface area (Å²) in [5.74, 6) is 1.60. The molecule has 1 aromatic rings. The topological polar surface area (TPSA) is 30.5 Å². The van der Waals surface area contributed by atoms with Gasteiger partial charge in [-0.05, 0) is 19.5 Å². The quantitative estimate of drug-likeness (QED) is 0.863. The summed E-state index contributed by atoms with van der Waals surface area (Å²) >= 11 is 6.22. The van der Waals surface area contributed by atoms with Crippen LogP contribution in [0.1, 0.15) is 17.5 Å². The fraction of sp³-hybridized carbons (Fsp3) is 0.500. The highest BCUT2D eigenvalue weighted by atomic mass is 35.5. The molecule has 0 radical (unpaired) electrons. The molecule has 16 heavy (non-hydrogen) atoms. The van der Waals surface area contributed by atoms with Gasteiger partial charge in [0.2, 0.25) is 0 Å². The summed E-state index contributed by atoms with van der Waals surface area (Å²) in [7, 11) is 1.90. The fourth-order valence-electron chi connectivity index (χ4n) is 1.86. The first-order chi connectivity index (χ1) is 7.74. The van der Waals surface area contributed by atoms with Crippen LogP contribution in [-0.4, -0.2) is 20.3 Å². The number of hydrogen-bond acceptors (Lipinski definition) is 3. The lowest BCUT2D eigenvalue weighted by Gasteiger charge is -2.15. The smallest absolute Gasteiger partial charge is 0.164 e. The summed E-state index contributed by atoms with van der Waals surface area (Å²) < 4.78 is 11.3. The summed E-state index contributed by atoms with van der Waals surface area (Å²) in [6.45, 7) is 4.15. The Hall–Kier alpha value is -0.930. The van der Waals surface area contributed by atoms with Gasteiger partial charge in [0, 0.05) is 29.6 Å². The van der Waals surface area contributed by atoms with Gasteiger partial charge >= 0.3 is 0 Å². The fourth-order valence-corrected chi connectivity index (χ4v) is 2.17. The maximum Gasteiger partial charge on any atom is 0.164 e. The highest BCUT2D eigenvalue weighted by molar-refractivity contribution is 6.31. The van der Waals surface area contributed by atoms with Gasteiger partial charge in [-0.3, -0.25) is 0 Å². The molecule has 1 heterocycles. The first-order valence-corrected chi connectivity index (χ1v) is 5.84. The van der Waals surface area contributed by atoms with E-state index in [1.807, 2.05) is 20.0 Å². The van der Waals surface area contributed by atoms with E-state index in [-0.39, 0.29) is 0 Å². The monoisotopic (exact) mass is 241 g/mol.